The van der Waals surface area contributed by atoms with Crippen LogP contribution in [0, 0.1) is 29.2 Å². The Morgan fingerprint density at radius 3 is 2.00 bits per heavy atom. The molecule has 0 saturated carbocycles. The molecular weight excluding hydrogens is 274 g/mol. The third-order valence-electron chi connectivity index (χ3n) is 4.20. The molecule has 2 heterocycles. The van der Waals surface area contributed by atoms with Gasteiger partial charge in [0, 0.05) is 24.1 Å². The number of fused-ring (bicyclic) bond motifs is 2. The van der Waals surface area contributed by atoms with Crippen molar-refractivity contribution in [2.45, 2.75) is 37.8 Å². The molecule has 2 saturated heterocycles. The number of hydrogen-bond acceptors (Lipinski definition) is 2. The lowest BCUT2D eigenvalue weighted by Gasteiger charge is -2.28. The molecule has 2 aliphatic heterocycles. The van der Waals surface area contributed by atoms with Crippen LogP contribution in [0.5, 0.6) is 0 Å². The van der Waals surface area contributed by atoms with E-state index in [0.29, 0.717) is 12.8 Å². The summed E-state index contributed by atoms with van der Waals surface area (Å²) in [5.41, 5.74) is -1.08. The van der Waals surface area contributed by atoms with Crippen LogP contribution in [0.4, 0.5) is 17.6 Å². The zero-order valence-corrected chi connectivity index (χ0v) is 10.6. The van der Waals surface area contributed by atoms with Gasteiger partial charge in [-0.1, -0.05) is 0 Å². The summed E-state index contributed by atoms with van der Waals surface area (Å²) in [4.78, 5) is 12.2. The van der Waals surface area contributed by atoms with Crippen molar-refractivity contribution in [1.29, 1.82) is 0 Å². The van der Waals surface area contributed by atoms with Gasteiger partial charge in [-0.15, -0.1) is 0 Å². The molecule has 0 amide bonds. The fourth-order valence-electron chi connectivity index (χ4n) is 3.26. The normalized spacial score (nSPS) is 28.7. The fraction of sp³-hybridized carbons (Fsp3) is 0.500. The Balaban J connectivity index is 1.95. The lowest BCUT2D eigenvalue weighted by atomic mass is 9.85. The number of piperidine rings is 1. The molecule has 0 radical (unpaired) electrons. The van der Waals surface area contributed by atoms with Crippen molar-refractivity contribution in [3.63, 3.8) is 0 Å². The van der Waals surface area contributed by atoms with Crippen LogP contribution >= 0.6 is 0 Å². The maximum absolute atomic E-state index is 13.6. The quantitative estimate of drug-likeness (QED) is 0.515. The standard InChI is InChI=1S/C14H13F4NO/c15-9-5-10(16)13(18)11(12(9)17)14(20)6-3-7-1-2-8(4-6)19-7/h5-8,19H,1-4H2. The second-order valence-corrected chi connectivity index (χ2v) is 5.51. The second kappa shape index (κ2) is 4.84. The van der Waals surface area contributed by atoms with Gasteiger partial charge < -0.3 is 5.32 Å². The van der Waals surface area contributed by atoms with E-state index in [0.717, 1.165) is 12.8 Å². The van der Waals surface area contributed by atoms with Crippen molar-refractivity contribution >= 4 is 5.78 Å². The first-order valence-corrected chi connectivity index (χ1v) is 6.60. The summed E-state index contributed by atoms with van der Waals surface area (Å²) in [6.45, 7) is 0. The number of halogens is 4. The summed E-state index contributed by atoms with van der Waals surface area (Å²) in [7, 11) is 0. The molecule has 20 heavy (non-hydrogen) atoms. The molecule has 2 fully saturated rings. The third kappa shape index (κ3) is 2.12. The van der Waals surface area contributed by atoms with E-state index < -0.39 is 40.5 Å². The van der Waals surface area contributed by atoms with E-state index in [-0.39, 0.29) is 18.2 Å². The van der Waals surface area contributed by atoms with E-state index in [2.05, 4.69) is 5.32 Å². The minimum atomic E-state index is -1.60. The van der Waals surface area contributed by atoms with Crippen LogP contribution in [0.1, 0.15) is 36.0 Å². The van der Waals surface area contributed by atoms with Gasteiger partial charge in [0.1, 0.15) is 0 Å². The van der Waals surface area contributed by atoms with Gasteiger partial charge in [-0.3, -0.25) is 4.79 Å². The van der Waals surface area contributed by atoms with Crippen molar-refractivity contribution in [2.24, 2.45) is 5.92 Å². The van der Waals surface area contributed by atoms with Gasteiger partial charge >= 0.3 is 0 Å². The molecule has 2 nitrogen and oxygen atoms in total. The predicted molar refractivity (Wildman–Crippen MR) is 63.3 cm³/mol. The Morgan fingerprint density at radius 1 is 1.00 bits per heavy atom. The van der Waals surface area contributed by atoms with E-state index in [9.17, 15) is 22.4 Å². The van der Waals surface area contributed by atoms with Crippen molar-refractivity contribution in [3.8, 4) is 0 Å². The summed E-state index contributed by atoms with van der Waals surface area (Å²) >= 11 is 0. The molecule has 108 valence electrons. The fourth-order valence-corrected chi connectivity index (χ4v) is 3.26. The predicted octanol–water partition coefficient (Wildman–Crippen LogP) is 2.96. The summed E-state index contributed by atoms with van der Waals surface area (Å²) in [5, 5.41) is 3.29. The van der Waals surface area contributed by atoms with Crippen molar-refractivity contribution in [1.82, 2.24) is 5.32 Å². The largest absolute Gasteiger partial charge is 0.311 e. The molecule has 1 aromatic carbocycles. The lowest BCUT2D eigenvalue weighted by Crippen LogP contribution is -2.41. The molecule has 3 rings (SSSR count). The zero-order valence-electron chi connectivity index (χ0n) is 10.6. The number of nitrogens with one attached hydrogen (secondary N) is 1. The Hall–Kier alpha value is -1.43. The first-order valence-electron chi connectivity index (χ1n) is 6.60. The molecule has 1 aromatic rings. The topological polar surface area (TPSA) is 29.1 Å². The van der Waals surface area contributed by atoms with Gasteiger partial charge in [-0.25, -0.2) is 17.6 Å². The van der Waals surface area contributed by atoms with E-state index in [1.165, 1.54) is 0 Å². The molecule has 6 heteroatoms. The minimum absolute atomic E-state index is 0.119. The van der Waals surface area contributed by atoms with E-state index in [4.69, 9.17) is 0 Å². The maximum atomic E-state index is 13.6. The van der Waals surface area contributed by atoms with Crippen LogP contribution in [0.15, 0.2) is 6.07 Å². The molecule has 2 bridgehead atoms. The molecule has 2 unspecified atom stereocenters. The Morgan fingerprint density at radius 2 is 1.50 bits per heavy atom. The highest BCUT2D eigenvalue weighted by molar-refractivity contribution is 5.98. The van der Waals surface area contributed by atoms with Crippen LogP contribution in [0.2, 0.25) is 0 Å². The number of ketones is 1. The van der Waals surface area contributed by atoms with Gasteiger partial charge in [0.2, 0.25) is 0 Å². The first-order chi connectivity index (χ1) is 9.47. The van der Waals surface area contributed by atoms with Gasteiger partial charge in [0.05, 0.1) is 5.56 Å². The van der Waals surface area contributed by atoms with E-state index in [1.54, 1.807) is 0 Å². The number of Topliss-reactive ketones (excluding diaryl/α,β-unsaturated/α-hetero) is 1. The average Bonchev–Trinajstić information content (AvgIpc) is 2.75. The van der Waals surface area contributed by atoms with Crippen LogP contribution in [0.3, 0.4) is 0 Å². The highest BCUT2D eigenvalue weighted by atomic mass is 19.2. The molecule has 0 spiro atoms. The van der Waals surface area contributed by atoms with E-state index >= 15 is 0 Å². The molecule has 2 aliphatic rings. The SMILES string of the molecule is O=C(c1c(F)c(F)cc(F)c1F)C1CC2CCC(C1)N2. The van der Waals surface area contributed by atoms with Crippen LogP contribution < -0.4 is 5.32 Å². The monoisotopic (exact) mass is 287 g/mol. The zero-order chi connectivity index (χ0) is 14.4. The molecule has 0 aliphatic carbocycles. The van der Waals surface area contributed by atoms with Gasteiger partial charge in [-0.05, 0) is 25.7 Å². The summed E-state index contributed by atoms with van der Waals surface area (Å²) in [6, 6.07) is 0.410. The van der Waals surface area contributed by atoms with E-state index in [1.807, 2.05) is 0 Å². The Kier molecular flexibility index (Phi) is 3.28. The van der Waals surface area contributed by atoms with Crippen LogP contribution in [-0.4, -0.2) is 17.9 Å². The highest BCUT2D eigenvalue weighted by Gasteiger charge is 2.39. The molecule has 1 N–H and O–H groups in total. The Bertz CT molecular complexity index is 537. The second-order valence-electron chi connectivity index (χ2n) is 5.51. The van der Waals surface area contributed by atoms with Gasteiger partial charge in [0.25, 0.3) is 0 Å². The Labute approximate surface area is 113 Å². The van der Waals surface area contributed by atoms with Crippen molar-refractivity contribution in [2.75, 3.05) is 0 Å². The number of benzene rings is 1. The van der Waals surface area contributed by atoms with Crippen molar-refractivity contribution in [3.05, 3.63) is 34.9 Å². The van der Waals surface area contributed by atoms with Crippen LogP contribution in [-0.2, 0) is 0 Å². The molecule has 0 aromatic heterocycles. The molecular formula is C14H13F4NO. The number of hydrogen-bond donors (Lipinski definition) is 1. The highest BCUT2D eigenvalue weighted by Crippen LogP contribution is 2.34. The van der Waals surface area contributed by atoms with Gasteiger partial charge in [0.15, 0.2) is 29.1 Å². The summed E-state index contributed by atoms with van der Waals surface area (Å²) < 4.78 is 53.6. The lowest BCUT2D eigenvalue weighted by molar-refractivity contribution is 0.0864. The number of carbonyl (C=O) groups excluding carboxylic acids is 1. The number of carbonyl (C=O) groups is 1. The van der Waals surface area contributed by atoms with Gasteiger partial charge in [-0.2, -0.15) is 0 Å². The summed E-state index contributed by atoms with van der Waals surface area (Å²) in [6.07, 6.45) is 2.73. The van der Waals surface area contributed by atoms with Crippen LogP contribution in [0.25, 0.3) is 0 Å². The third-order valence-corrected chi connectivity index (χ3v) is 4.20. The van der Waals surface area contributed by atoms with Crippen molar-refractivity contribution < 1.29 is 22.4 Å². The summed E-state index contributed by atoms with van der Waals surface area (Å²) in [5.74, 6) is -7.69. The molecule has 2 atom stereocenters. The first kappa shape index (κ1) is 13.5. The smallest absolute Gasteiger partial charge is 0.172 e. The number of rotatable bonds is 2. The maximum Gasteiger partial charge on any atom is 0.172 e. The average molecular weight is 287 g/mol. The minimum Gasteiger partial charge on any atom is -0.311 e.